The molecule has 0 aliphatic carbocycles. The van der Waals surface area contributed by atoms with Gasteiger partial charge in [0.2, 0.25) is 11.8 Å². The van der Waals surface area contributed by atoms with Gasteiger partial charge >= 0.3 is 0 Å². The molecule has 0 spiro atoms. The molecule has 8 nitrogen and oxygen atoms in total. The summed E-state index contributed by atoms with van der Waals surface area (Å²) in [6.07, 6.45) is 3.45. The molecule has 3 rings (SSSR count). The zero-order chi connectivity index (χ0) is 20.0. The molecule has 1 N–H and O–H groups in total. The predicted octanol–water partition coefficient (Wildman–Crippen LogP) is 3.47. The second kappa shape index (κ2) is 8.79. The summed E-state index contributed by atoms with van der Waals surface area (Å²) >= 11 is 0. The summed E-state index contributed by atoms with van der Waals surface area (Å²) in [4.78, 5) is 27.9. The van der Waals surface area contributed by atoms with Gasteiger partial charge in [0.05, 0.1) is 28.8 Å². The molecule has 8 heteroatoms. The standard InChI is InChI=1S/C20H23N3O5/c1-2-11-28-18-8-5-16(14-21-18)22-19(24)20(9-12-27-13-10-20)15-3-6-17(7-4-15)23(25)26/h3-8,14H,2,9-13H2,1H3,(H,22,24). The Kier molecular flexibility index (Phi) is 6.20. The Hall–Kier alpha value is -3.00. The summed E-state index contributed by atoms with van der Waals surface area (Å²) in [7, 11) is 0. The van der Waals surface area contributed by atoms with Gasteiger partial charge in [0.25, 0.3) is 5.69 Å². The lowest BCUT2D eigenvalue weighted by molar-refractivity contribution is -0.384. The van der Waals surface area contributed by atoms with Crippen LogP contribution < -0.4 is 10.1 Å². The zero-order valence-corrected chi connectivity index (χ0v) is 15.7. The quantitative estimate of drug-likeness (QED) is 0.578. The Morgan fingerprint density at radius 1 is 1.25 bits per heavy atom. The number of aromatic nitrogens is 1. The molecule has 1 saturated heterocycles. The maximum absolute atomic E-state index is 13.2. The molecular weight excluding hydrogens is 362 g/mol. The van der Waals surface area contributed by atoms with Crippen LogP contribution in [0.5, 0.6) is 5.88 Å². The number of anilines is 1. The normalized spacial score (nSPS) is 15.6. The first-order chi connectivity index (χ1) is 13.5. The second-order valence-corrected chi connectivity index (χ2v) is 6.69. The molecule has 1 amide bonds. The van der Waals surface area contributed by atoms with Crippen molar-refractivity contribution in [3.63, 3.8) is 0 Å². The van der Waals surface area contributed by atoms with E-state index in [0.29, 0.717) is 44.2 Å². The summed E-state index contributed by atoms with van der Waals surface area (Å²) in [6.45, 7) is 3.50. The van der Waals surface area contributed by atoms with E-state index in [-0.39, 0.29) is 11.6 Å². The van der Waals surface area contributed by atoms with Crippen LogP contribution in [0.25, 0.3) is 0 Å². The van der Waals surface area contributed by atoms with Gasteiger partial charge < -0.3 is 14.8 Å². The number of carbonyl (C=O) groups is 1. The fourth-order valence-electron chi connectivity index (χ4n) is 3.27. The molecule has 1 aliphatic rings. The van der Waals surface area contributed by atoms with E-state index in [9.17, 15) is 14.9 Å². The maximum Gasteiger partial charge on any atom is 0.269 e. The molecule has 28 heavy (non-hydrogen) atoms. The Balaban J connectivity index is 1.80. The van der Waals surface area contributed by atoms with Crippen molar-refractivity contribution in [2.45, 2.75) is 31.6 Å². The zero-order valence-electron chi connectivity index (χ0n) is 15.7. The number of hydrogen-bond donors (Lipinski definition) is 1. The maximum atomic E-state index is 13.2. The Labute approximate surface area is 163 Å². The summed E-state index contributed by atoms with van der Waals surface area (Å²) in [5, 5.41) is 13.9. The van der Waals surface area contributed by atoms with Crippen molar-refractivity contribution in [1.29, 1.82) is 0 Å². The lowest BCUT2D eigenvalue weighted by Gasteiger charge is -2.36. The van der Waals surface area contributed by atoms with Crippen molar-refractivity contribution >= 4 is 17.3 Å². The van der Waals surface area contributed by atoms with Crippen LogP contribution in [0.3, 0.4) is 0 Å². The molecular formula is C20H23N3O5. The number of nitrogens with one attached hydrogen (secondary N) is 1. The van der Waals surface area contributed by atoms with Gasteiger partial charge in [-0.3, -0.25) is 14.9 Å². The summed E-state index contributed by atoms with van der Waals surface area (Å²) in [6, 6.07) is 9.64. The number of non-ortho nitro benzene ring substituents is 1. The number of benzene rings is 1. The fourth-order valence-corrected chi connectivity index (χ4v) is 3.27. The van der Waals surface area contributed by atoms with E-state index in [1.54, 1.807) is 30.5 Å². The lowest BCUT2D eigenvalue weighted by atomic mass is 9.73. The monoisotopic (exact) mass is 385 g/mol. The Morgan fingerprint density at radius 3 is 2.54 bits per heavy atom. The van der Waals surface area contributed by atoms with E-state index in [2.05, 4.69) is 10.3 Å². The molecule has 0 radical (unpaired) electrons. The van der Waals surface area contributed by atoms with Gasteiger partial charge in [-0.2, -0.15) is 0 Å². The van der Waals surface area contributed by atoms with Gasteiger partial charge in [-0.1, -0.05) is 19.1 Å². The van der Waals surface area contributed by atoms with Crippen LogP contribution in [0.1, 0.15) is 31.7 Å². The number of rotatable bonds is 7. The summed E-state index contributed by atoms with van der Waals surface area (Å²) < 4.78 is 10.9. The third kappa shape index (κ3) is 4.28. The average molecular weight is 385 g/mol. The minimum atomic E-state index is -0.801. The molecule has 0 bridgehead atoms. The third-order valence-electron chi connectivity index (χ3n) is 4.86. The largest absolute Gasteiger partial charge is 0.478 e. The number of nitrogens with zero attached hydrogens (tertiary/aromatic N) is 2. The lowest BCUT2D eigenvalue weighted by Crippen LogP contribution is -2.44. The number of nitro benzene ring substituents is 1. The highest BCUT2D eigenvalue weighted by Gasteiger charge is 2.42. The molecule has 0 saturated carbocycles. The summed E-state index contributed by atoms with van der Waals surface area (Å²) in [5.41, 5.74) is 0.514. The fraction of sp³-hybridized carbons (Fsp3) is 0.400. The minimum Gasteiger partial charge on any atom is -0.478 e. The SMILES string of the molecule is CCCOc1ccc(NC(=O)C2(c3ccc([N+](=O)[O-])cc3)CCOCC2)cn1. The second-order valence-electron chi connectivity index (χ2n) is 6.69. The van der Waals surface area contributed by atoms with Crippen LogP contribution in [0.4, 0.5) is 11.4 Å². The van der Waals surface area contributed by atoms with Crippen LogP contribution >= 0.6 is 0 Å². The van der Waals surface area contributed by atoms with E-state index in [1.165, 1.54) is 12.1 Å². The highest BCUT2D eigenvalue weighted by molar-refractivity contribution is 5.99. The molecule has 0 atom stereocenters. The number of hydrogen-bond acceptors (Lipinski definition) is 6. The van der Waals surface area contributed by atoms with Gasteiger partial charge in [-0.05, 0) is 30.9 Å². The van der Waals surface area contributed by atoms with E-state index in [0.717, 1.165) is 12.0 Å². The van der Waals surface area contributed by atoms with Crippen LogP contribution in [-0.2, 0) is 14.9 Å². The topological polar surface area (TPSA) is 104 Å². The third-order valence-corrected chi connectivity index (χ3v) is 4.86. The molecule has 1 aliphatic heterocycles. The van der Waals surface area contributed by atoms with Gasteiger partial charge in [0, 0.05) is 31.4 Å². The van der Waals surface area contributed by atoms with E-state index < -0.39 is 10.3 Å². The van der Waals surface area contributed by atoms with Gasteiger partial charge in [0.15, 0.2) is 0 Å². The number of pyridine rings is 1. The first-order valence-electron chi connectivity index (χ1n) is 9.28. The van der Waals surface area contributed by atoms with E-state index in [4.69, 9.17) is 9.47 Å². The van der Waals surface area contributed by atoms with Crippen molar-refractivity contribution < 1.29 is 19.2 Å². The van der Waals surface area contributed by atoms with Crippen molar-refractivity contribution in [2.75, 3.05) is 25.1 Å². The smallest absolute Gasteiger partial charge is 0.269 e. The van der Waals surface area contributed by atoms with Gasteiger partial charge in [-0.15, -0.1) is 0 Å². The van der Waals surface area contributed by atoms with Crippen molar-refractivity contribution in [1.82, 2.24) is 4.98 Å². The van der Waals surface area contributed by atoms with Gasteiger partial charge in [-0.25, -0.2) is 4.98 Å². The minimum absolute atomic E-state index is 0.00163. The Bertz CT molecular complexity index is 815. The summed E-state index contributed by atoms with van der Waals surface area (Å²) in [5.74, 6) is 0.338. The van der Waals surface area contributed by atoms with Crippen LogP contribution in [-0.4, -0.2) is 35.6 Å². The van der Waals surface area contributed by atoms with Crippen molar-refractivity contribution in [3.05, 3.63) is 58.3 Å². The van der Waals surface area contributed by atoms with Crippen LogP contribution in [0.15, 0.2) is 42.6 Å². The molecule has 148 valence electrons. The molecule has 1 aromatic carbocycles. The van der Waals surface area contributed by atoms with Gasteiger partial charge in [0.1, 0.15) is 0 Å². The molecule has 1 fully saturated rings. The molecule has 2 aromatic rings. The van der Waals surface area contributed by atoms with Crippen LogP contribution in [0.2, 0.25) is 0 Å². The molecule has 2 heterocycles. The van der Waals surface area contributed by atoms with E-state index >= 15 is 0 Å². The highest BCUT2D eigenvalue weighted by Crippen LogP contribution is 2.37. The Morgan fingerprint density at radius 2 is 1.96 bits per heavy atom. The van der Waals surface area contributed by atoms with Crippen LogP contribution in [0, 0.1) is 10.1 Å². The first kappa shape index (κ1) is 19.8. The van der Waals surface area contributed by atoms with E-state index in [1.807, 2.05) is 6.92 Å². The van der Waals surface area contributed by atoms with Crippen molar-refractivity contribution in [3.8, 4) is 5.88 Å². The number of ether oxygens (including phenoxy) is 2. The molecule has 0 unspecified atom stereocenters. The number of amides is 1. The molecule has 1 aromatic heterocycles. The highest BCUT2D eigenvalue weighted by atomic mass is 16.6. The van der Waals surface area contributed by atoms with Crippen molar-refractivity contribution in [2.24, 2.45) is 0 Å². The number of carbonyl (C=O) groups excluding carboxylic acids is 1. The average Bonchev–Trinajstić information content (AvgIpc) is 2.73. The first-order valence-corrected chi connectivity index (χ1v) is 9.28. The number of nitro groups is 1. The predicted molar refractivity (Wildman–Crippen MR) is 103 cm³/mol.